The molecule has 1 aromatic carbocycles. The Balaban J connectivity index is 1.92. The van der Waals surface area contributed by atoms with E-state index in [0.29, 0.717) is 31.9 Å². The number of nitrogens with zero attached hydrogens (tertiary/aromatic N) is 3. The molecule has 0 radical (unpaired) electrons. The third-order valence-electron chi connectivity index (χ3n) is 3.72. The molecule has 1 aromatic heterocycles. The van der Waals surface area contributed by atoms with Gasteiger partial charge in [0.1, 0.15) is 16.5 Å². The number of hydrogen-bond acceptors (Lipinski definition) is 7. The number of piperidine rings is 1. The van der Waals surface area contributed by atoms with Gasteiger partial charge in [0.15, 0.2) is 0 Å². The van der Waals surface area contributed by atoms with Gasteiger partial charge in [-0.15, -0.1) is 0 Å². The molecule has 0 bridgehead atoms. The lowest BCUT2D eigenvalue weighted by atomic mass is 10.1. The second-order valence-electron chi connectivity index (χ2n) is 5.26. The van der Waals surface area contributed by atoms with Crippen molar-refractivity contribution in [1.82, 2.24) is 9.97 Å². The van der Waals surface area contributed by atoms with Crippen LogP contribution in [0.3, 0.4) is 0 Å². The van der Waals surface area contributed by atoms with E-state index in [0.717, 1.165) is 0 Å². The molecule has 7 nitrogen and oxygen atoms in total. The van der Waals surface area contributed by atoms with Crippen LogP contribution in [-0.2, 0) is 14.6 Å². The summed E-state index contributed by atoms with van der Waals surface area (Å²) in [5, 5.41) is 0. The van der Waals surface area contributed by atoms with Crippen LogP contribution in [0.15, 0.2) is 46.3 Å². The number of sulfone groups is 1. The smallest absolute Gasteiger partial charge is 0.227 e. The molecule has 0 aliphatic carbocycles. The number of benzene rings is 1. The van der Waals surface area contributed by atoms with E-state index in [9.17, 15) is 13.2 Å². The standard InChI is InChI=1S/C15H16N4O3S/c16-14-13(23(21,22)12-4-2-1-3-5-12)10-17-15(18-14)19-8-6-11(20)7-9-19/h1-5,10H,6-9H2,(H2,16,17,18). The van der Waals surface area contributed by atoms with E-state index in [-0.39, 0.29) is 21.4 Å². The predicted octanol–water partition coefficient (Wildman–Crippen LogP) is 1.06. The number of carbonyl (C=O) groups excluding carboxylic acids is 1. The molecule has 1 aliphatic rings. The van der Waals surface area contributed by atoms with Crippen LogP contribution in [0.25, 0.3) is 0 Å². The van der Waals surface area contributed by atoms with Gasteiger partial charge in [-0.05, 0) is 12.1 Å². The van der Waals surface area contributed by atoms with Crippen molar-refractivity contribution in [2.45, 2.75) is 22.6 Å². The van der Waals surface area contributed by atoms with Crippen LogP contribution in [0.4, 0.5) is 11.8 Å². The van der Waals surface area contributed by atoms with Crippen LogP contribution in [0.1, 0.15) is 12.8 Å². The molecule has 0 atom stereocenters. The highest BCUT2D eigenvalue weighted by molar-refractivity contribution is 7.91. The molecule has 0 amide bonds. The Morgan fingerprint density at radius 2 is 1.74 bits per heavy atom. The number of rotatable bonds is 3. The molecule has 2 heterocycles. The van der Waals surface area contributed by atoms with Crippen LogP contribution in [0, 0.1) is 0 Å². The van der Waals surface area contributed by atoms with E-state index in [4.69, 9.17) is 5.73 Å². The Morgan fingerprint density at radius 3 is 2.35 bits per heavy atom. The molecule has 1 fully saturated rings. The summed E-state index contributed by atoms with van der Waals surface area (Å²) in [6, 6.07) is 8.02. The molecule has 23 heavy (non-hydrogen) atoms. The molecule has 1 aliphatic heterocycles. The number of aromatic nitrogens is 2. The first-order valence-corrected chi connectivity index (χ1v) is 8.66. The molecule has 2 N–H and O–H groups in total. The third-order valence-corrected chi connectivity index (χ3v) is 5.50. The van der Waals surface area contributed by atoms with Crippen molar-refractivity contribution in [2.24, 2.45) is 0 Å². The quantitative estimate of drug-likeness (QED) is 0.895. The maximum atomic E-state index is 12.6. The zero-order chi connectivity index (χ0) is 16.4. The van der Waals surface area contributed by atoms with Gasteiger partial charge in [-0.2, -0.15) is 4.98 Å². The Bertz CT molecular complexity index is 827. The van der Waals surface area contributed by atoms with Crippen LogP contribution in [0.5, 0.6) is 0 Å². The lowest BCUT2D eigenvalue weighted by molar-refractivity contribution is -0.119. The topological polar surface area (TPSA) is 106 Å². The fourth-order valence-electron chi connectivity index (χ4n) is 2.42. The van der Waals surface area contributed by atoms with Crippen LogP contribution in [-0.4, -0.2) is 37.3 Å². The lowest BCUT2D eigenvalue weighted by Gasteiger charge is -2.26. The van der Waals surface area contributed by atoms with E-state index in [1.807, 2.05) is 4.90 Å². The van der Waals surface area contributed by atoms with Crippen molar-refractivity contribution in [1.29, 1.82) is 0 Å². The summed E-state index contributed by atoms with van der Waals surface area (Å²) < 4.78 is 25.1. The number of ketones is 1. The van der Waals surface area contributed by atoms with Crippen molar-refractivity contribution < 1.29 is 13.2 Å². The minimum atomic E-state index is -3.75. The highest BCUT2D eigenvalue weighted by Crippen LogP contribution is 2.25. The summed E-state index contributed by atoms with van der Waals surface area (Å²) in [4.78, 5) is 21.4. The maximum Gasteiger partial charge on any atom is 0.227 e. The Labute approximate surface area is 134 Å². The Kier molecular flexibility index (Phi) is 3.99. The fraction of sp³-hybridized carbons (Fsp3) is 0.267. The average molecular weight is 332 g/mol. The summed E-state index contributed by atoms with van der Waals surface area (Å²) in [5.74, 6) is 0.468. The first-order valence-electron chi connectivity index (χ1n) is 7.18. The molecule has 0 spiro atoms. The molecular weight excluding hydrogens is 316 g/mol. The zero-order valence-corrected chi connectivity index (χ0v) is 13.2. The van der Waals surface area contributed by atoms with Gasteiger partial charge in [0.05, 0.1) is 11.1 Å². The lowest BCUT2D eigenvalue weighted by Crippen LogP contribution is -2.35. The Hall–Kier alpha value is -2.48. The molecule has 0 unspecified atom stereocenters. The normalized spacial score (nSPS) is 15.7. The van der Waals surface area contributed by atoms with Gasteiger partial charge in [-0.3, -0.25) is 4.79 Å². The highest BCUT2D eigenvalue weighted by Gasteiger charge is 2.24. The zero-order valence-electron chi connectivity index (χ0n) is 12.3. The molecule has 0 saturated carbocycles. The van der Waals surface area contributed by atoms with Crippen LogP contribution >= 0.6 is 0 Å². The minimum Gasteiger partial charge on any atom is -0.382 e. The van der Waals surface area contributed by atoms with E-state index in [1.165, 1.54) is 18.3 Å². The van der Waals surface area contributed by atoms with Crippen molar-refractivity contribution in [3.8, 4) is 0 Å². The van der Waals surface area contributed by atoms with Crippen molar-refractivity contribution in [3.05, 3.63) is 36.5 Å². The minimum absolute atomic E-state index is 0.0873. The van der Waals surface area contributed by atoms with Crippen LogP contribution in [0.2, 0.25) is 0 Å². The molecule has 2 aromatic rings. The first-order chi connectivity index (χ1) is 11.0. The summed E-state index contributed by atoms with van der Waals surface area (Å²) in [5.41, 5.74) is 5.85. The average Bonchev–Trinajstić information content (AvgIpc) is 2.56. The van der Waals surface area contributed by atoms with Gasteiger partial charge in [-0.25, -0.2) is 13.4 Å². The van der Waals surface area contributed by atoms with Gasteiger partial charge in [0.25, 0.3) is 0 Å². The number of nitrogens with two attached hydrogens (primary N) is 1. The number of anilines is 2. The number of carbonyl (C=O) groups is 1. The monoisotopic (exact) mass is 332 g/mol. The number of Topliss-reactive ketones (excluding diaryl/α,β-unsaturated/α-hetero) is 1. The summed E-state index contributed by atoms with van der Waals surface area (Å²) in [6.07, 6.45) is 2.11. The second kappa shape index (κ2) is 5.96. The summed E-state index contributed by atoms with van der Waals surface area (Å²) in [6.45, 7) is 1.03. The maximum absolute atomic E-state index is 12.6. The molecule has 3 rings (SSSR count). The van der Waals surface area contributed by atoms with E-state index >= 15 is 0 Å². The van der Waals surface area contributed by atoms with Crippen molar-refractivity contribution in [3.63, 3.8) is 0 Å². The molecular formula is C15H16N4O3S. The van der Waals surface area contributed by atoms with Gasteiger partial charge in [-0.1, -0.05) is 18.2 Å². The molecule has 120 valence electrons. The van der Waals surface area contributed by atoms with Crippen molar-refractivity contribution in [2.75, 3.05) is 23.7 Å². The van der Waals surface area contributed by atoms with E-state index < -0.39 is 9.84 Å². The second-order valence-corrected chi connectivity index (χ2v) is 7.18. The van der Waals surface area contributed by atoms with Crippen molar-refractivity contribution >= 4 is 27.4 Å². The number of hydrogen-bond donors (Lipinski definition) is 1. The largest absolute Gasteiger partial charge is 0.382 e. The molecule has 8 heteroatoms. The SMILES string of the molecule is Nc1nc(N2CCC(=O)CC2)ncc1S(=O)(=O)c1ccccc1. The molecule has 1 saturated heterocycles. The fourth-order valence-corrected chi connectivity index (χ4v) is 3.70. The predicted molar refractivity (Wildman–Crippen MR) is 84.8 cm³/mol. The van der Waals surface area contributed by atoms with Gasteiger partial charge in [0, 0.05) is 25.9 Å². The summed E-state index contributed by atoms with van der Waals surface area (Å²) in [7, 11) is -3.75. The number of nitrogen functional groups attached to an aromatic ring is 1. The highest BCUT2D eigenvalue weighted by atomic mass is 32.2. The van der Waals surface area contributed by atoms with Gasteiger partial charge < -0.3 is 10.6 Å². The van der Waals surface area contributed by atoms with E-state index in [1.54, 1.807) is 18.2 Å². The van der Waals surface area contributed by atoms with Gasteiger partial charge >= 0.3 is 0 Å². The van der Waals surface area contributed by atoms with Crippen LogP contribution < -0.4 is 10.6 Å². The Morgan fingerprint density at radius 1 is 1.09 bits per heavy atom. The van der Waals surface area contributed by atoms with E-state index in [2.05, 4.69) is 9.97 Å². The van der Waals surface area contributed by atoms with Gasteiger partial charge in [0.2, 0.25) is 15.8 Å². The third kappa shape index (κ3) is 3.02. The summed E-state index contributed by atoms with van der Waals surface area (Å²) >= 11 is 0. The first kappa shape index (κ1) is 15.4.